The molecule has 1 amide bonds. The molecule has 1 aliphatic rings. The first-order valence-corrected chi connectivity index (χ1v) is 8.70. The van der Waals surface area contributed by atoms with Crippen molar-refractivity contribution in [1.29, 1.82) is 0 Å². The largest absolute Gasteiger partial charge is 0.462 e. The number of hydrogen-bond acceptors (Lipinski definition) is 5. The average molecular weight is 362 g/mol. The summed E-state index contributed by atoms with van der Waals surface area (Å²) in [6, 6.07) is 5.86. The van der Waals surface area contributed by atoms with E-state index in [-0.39, 0.29) is 12.5 Å². The molecule has 0 aliphatic carbocycles. The second kappa shape index (κ2) is 6.68. The zero-order chi connectivity index (χ0) is 19.0. The van der Waals surface area contributed by atoms with E-state index in [0.29, 0.717) is 28.8 Å². The van der Waals surface area contributed by atoms with Gasteiger partial charge < -0.3 is 14.6 Å². The molecule has 1 aliphatic heterocycles. The van der Waals surface area contributed by atoms with Crippen LogP contribution in [0.5, 0.6) is 0 Å². The number of nitrogens with one attached hydrogen (secondary N) is 1. The molecular weight excluding hydrogens is 344 g/mol. The molecule has 136 valence electrons. The van der Waals surface area contributed by atoms with Gasteiger partial charge in [0.15, 0.2) is 0 Å². The fraction of sp³-hybridized carbons (Fsp3) is 0.200. The van der Waals surface area contributed by atoms with Crippen molar-refractivity contribution in [2.45, 2.75) is 13.3 Å². The first-order chi connectivity index (χ1) is 13.1. The van der Waals surface area contributed by atoms with Gasteiger partial charge in [0.1, 0.15) is 12.0 Å². The Labute approximate surface area is 155 Å². The fourth-order valence-corrected chi connectivity index (χ4v) is 3.42. The highest BCUT2D eigenvalue weighted by molar-refractivity contribution is 6.09. The minimum atomic E-state index is -0.426. The van der Waals surface area contributed by atoms with Crippen LogP contribution in [0.2, 0.25) is 0 Å². The van der Waals surface area contributed by atoms with Crippen LogP contribution in [0.4, 0.5) is 5.69 Å². The third kappa shape index (κ3) is 2.77. The Hall–Kier alpha value is -3.48. The van der Waals surface area contributed by atoms with E-state index in [9.17, 15) is 9.59 Å². The number of carbonyl (C=O) groups excluding carboxylic acids is 2. The van der Waals surface area contributed by atoms with Gasteiger partial charge in [0.05, 0.1) is 23.3 Å². The van der Waals surface area contributed by atoms with E-state index in [2.05, 4.69) is 21.5 Å². The number of anilines is 1. The minimum Gasteiger partial charge on any atom is -0.462 e. The van der Waals surface area contributed by atoms with E-state index in [1.165, 1.54) is 12.4 Å². The summed E-state index contributed by atoms with van der Waals surface area (Å²) in [4.78, 5) is 37.7. The summed E-state index contributed by atoms with van der Waals surface area (Å²) in [6.45, 7) is 6.24. The lowest BCUT2D eigenvalue weighted by atomic mass is 10.0. The van der Waals surface area contributed by atoms with Crippen LogP contribution in [-0.4, -0.2) is 40.0 Å². The number of ether oxygens (including phenoxy) is 1. The van der Waals surface area contributed by atoms with Crippen LogP contribution in [-0.2, 0) is 16.0 Å². The number of benzene rings is 1. The maximum absolute atomic E-state index is 12.3. The van der Waals surface area contributed by atoms with Gasteiger partial charge in [0, 0.05) is 24.0 Å². The number of nitrogens with zero attached hydrogens (tertiary/aromatic N) is 3. The molecule has 0 spiro atoms. The standard InChI is InChI=1S/C20H18N4O3/c1-3-16(25)24-8-7-12-5-6-13(9-15(12)24)18-17-14(20(26)27-4-2)10-21-19(17)23-11-22-18/h3,5-6,9-11H,1,4,7-8H2,2H3,(H,21,22,23). The Balaban J connectivity index is 1.86. The molecular formula is C20H18N4O3. The number of amides is 1. The predicted molar refractivity (Wildman–Crippen MR) is 102 cm³/mol. The van der Waals surface area contributed by atoms with Gasteiger partial charge in [-0.05, 0) is 31.1 Å². The van der Waals surface area contributed by atoms with E-state index in [1.54, 1.807) is 18.0 Å². The van der Waals surface area contributed by atoms with Gasteiger partial charge in [-0.2, -0.15) is 0 Å². The third-order valence-corrected chi connectivity index (χ3v) is 4.66. The molecule has 7 heteroatoms. The Bertz CT molecular complexity index is 1070. The molecule has 0 bridgehead atoms. The predicted octanol–water partition coefficient (Wildman–Crippen LogP) is 2.88. The molecule has 2 aromatic heterocycles. The summed E-state index contributed by atoms with van der Waals surface area (Å²) < 4.78 is 5.14. The van der Waals surface area contributed by atoms with Crippen LogP contribution in [0.3, 0.4) is 0 Å². The summed E-state index contributed by atoms with van der Waals surface area (Å²) in [5.74, 6) is -0.558. The number of carbonyl (C=O) groups is 2. The molecule has 3 aromatic rings. The Morgan fingerprint density at radius 1 is 1.37 bits per heavy atom. The number of rotatable bonds is 4. The molecule has 7 nitrogen and oxygen atoms in total. The average Bonchev–Trinajstić information content (AvgIpc) is 3.31. The van der Waals surface area contributed by atoms with Gasteiger partial charge in [0.2, 0.25) is 5.91 Å². The van der Waals surface area contributed by atoms with Crippen molar-refractivity contribution in [2.75, 3.05) is 18.1 Å². The fourth-order valence-electron chi connectivity index (χ4n) is 3.42. The van der Waals surface area contributed by atoms with Crippen molar-refractivity contribution in [1.82, 2.24) is 15.0 Å². The second-order valence-electron chi connectivity index (χ2n) is 6.16. The minimum absolute atomic E-state index is 0.132. The van der Waals surface area contributed by atoms with E-state index in [4.69, 9.17) is 4.74 Å². The number of aromatic nitrogens is 3. The second-order valence-corrected chi connectivity index (χ2v) is 6.16. The monoisotopic (exact) mass is 362 g/mol. The van der Waals surface area contributed by atoms with Crippen molar-refractivity contribution < 1.29 is 14.3 Å². The van der Waals surface area contributed by atoms with E-state index in [1.807, 2.05) is 18.2 Å². The van der Waals surface area contributed by atoms with E-state index >= 15 is 0 Å². The number of aromatic amines is 1. The number of hydrogen-bond donors (Lipinski definition) is 1. The SMILES string of the molecule is C=CC(=O)N1CCc2ccc(-c3ncnc4[nH]cc(C(=O)OCC)c34)cc21. The molecule has 1 N–H and O–H groups in total. The van der Waals surface area contributed by atoms with Gasteiger partial charge in [-0.15, -0.1) is 0 Å². The van der Waals surface area contributed by atoms with Crippen LogP contribution in [0.1, 0.15) is 22.8 Å². The summed E-state index contributed by atoms with van der Waals surface area (Å²) in [5, 5.41) is 0.607. The lowest BCUT2D eigenvalue weighted by Crippen LogP contribution is -2.26. The summed E-state index contributed by atoms with van der Waals surface area (Å²) in [5.41, 5.74) is 4.31. The number of H-pyrrole nitrogens is 1. The highest BCUT2D eigenvalue weighted by atomic mass is 16.5. The van der Waals surface area contributed by atoms with Crippen LogP contribution < -0.4 is 4.90 Å². The van der Waals surface area contributed by atoms with E-state index in [0.717, 1.165) is 23.2 Å². The maximum Gasteiger partial charge on any atom is 0.340 e. The zero-order valence-electron chi connectivity index (χ0n) is 14.9. The highest BCUT2D eigenvalue weighted by Gasteiger charge is 2.25. The van der Waals surface area contributed by atoms with Crippen molar-refractivity contribution in [3.05, 3.63) is 54.5 Å². The topological polar surface area (TPSA) is 88.2 Å². The Kier molecular flexibility index (Phi) is 4.19. The molecule has 1 aromatic carbocycles. The molecule has 0 atom stereocenters. The quantitative estimate of drug-likeness (QED) is 0.569. The first kappa shape index (κ1) is 17.0. The van der Waals surface area contributed by atoms with Crippen molar-refractivity contribution in [3.8, 4) is 11.3 Å². The summed E-state index contributed by atoms with van der Waals surface area (Å²) in [7, 11) is 0. The summed E-state index contributed by atoms with van der Waals surface area (Å²) in [6.07, 6.45) is 5.15. The van der Waals surface area contributed by atoms with Gasteiger partial charge >= 0.3 is 5.97 Å². The molecule has 0 saturated carbocycles. The van der Waals surface area contributed by atoms with Crippen molar-refractivity contribution >= 4 is 28.6 Å². The first-order valence-electron chi connectivity index (χ1n) is 8.70. The molecule has 0 fully saturated rings. The Morgan fingerprint density at radius 3 is 3.00 bits per heavy atom. The Morgan fingerprint density at radius 2 is 2.22 bits per heavy atom. The molecule has 27 heavy (non-hydrogen) atoms. The van der Waals surface area contributed by atoms with Crippen LogP contribution in [0, 0.1) is 0 Å². The molecule has 3 heterocycles. The number of esters is 1. The maximum atomic E-state index is 12.3. The lowest BCUT2D eigenvalue weighted by molar-refractivity contribution is -0.114. The lowest BCUT2D eigenvalue weighted by Gasteiger charge is -2.16. The van der Waals surface area contributed by atoms with E-state index < -0.39 is 5.97 Å². The van der Waals surface area contributed by atoms with Crippen molar-refractivity contribution in [3.63, 3.8) is 0 Å². The summed E-state index contributed by atoms with van der Waals surface area (Å²) >= 11 is 0. The van der Waals surface area contributed by atoms with Gasteiger partial charge in [0.25, 0.3) is 0 Å². The van der Waals surface area contributed by atoms with Crippen LogP contribution >= 0.6 is 0 Å². The third-order valence-electron chi connectivity index (χ3n) is 4.66. The van der Waals surface area contributed by atoms with Gasteiger partial charge in [-0.25, -0.2) is 14.8 Å². The number of fused-ring (bicyclic) bond motifs is 2. The van der Waals surface area contributed by atoms with Crippen molar-refractivity contribution in [2.24, 2.45) is 0 Å². The molecule has 0 radical (unpaired) electrons. The molecule has 0 unspecified atom stereocenters. The normalized spacial score (nSPS) is 12.9. The van der Waals surface area contributed by atoms with Crippen LogP contribution in [0.15, 0.2) is 43.4 Å². The van der Waals surface area contributed by atoms with Gasteiger partial charge in [-0.3, -0.25) is 4.79 Å². The molecule has 4 rings (SSSR count). The highest BCUT2D eigenvalue weighted by Crippen LogP contribution is 2.35. The van der Waals surface area contributed by atoms with Gasteiger partial charge in [-0.1, -0.05) is 18.7 Å². The van der Waals surface area contributed by atoms with Crippen LogP contribution in [0.25, 0.3) is 22.3 Å². The zero-order valence-corrected chi connectivity index (χ0v) is 14.9. The molecule has 0 saturated heterocycles. The smallest absolute Gasteiger partial charge is 0.340 e.